The maximum Gasteiger partial charge on any atom is 0.305 e. The summed E-state index contributed by atoms with van der Waals surface area (Å²) < 4.78 is 12.0. The summed E-state index contributed by atoms with van der Waals surface area (Å²) in [5, 5.41) is 12.4. The lowest BCUT2D eigenvalue weighted by Gasteiger charge is -2.20. The Morgan fingerprint density at radius 1 is 1.28 bits per heavy atom. The number of hydrogen-bond acceptors (Lipinski definition) is 4. The first kappa shape index (κ1) is 18.7. The first-order valence-electron chi connectivity index (χ1n) is 7.42. The van der Waals surface area contributed by atoms with Crippen molar-refractivity contribution in [1.29, 1.82) is 0 Å². The SMILES string of the molecule is COc1ccc(C(CC(=O)O)NC(=O)c2cc(Cl)cn2C)c(OC)c1. The number of ether oxygens (including phenoxy) is 2. The van der Waals surface area contributed by atoms with Crippen LogP contribution in [-0.4, -0.2) is 35.8 Å². The summed E-state index contributed by atoms with van der Waals surface area (Å²) in [4.78, 5) is 23.8. The van der Waals surface area contributed by atoms with E-state index in [-0.39, 0.29) is 6.42 Å². The van der Waals surface area contributed by atoms with E-state index in [1.165, 1.54) is 20.3 Å². The number of rotatable bonds is 7. The van der Waals surface area contributed by atoms with Crippen molar-refractivity contribution in [1.82, 2.24) is 9.88 Å². The minimum atomic E-state index is -1.05. The lowest BCUT2D eigenvalue weighted by molar-refractivity contribution is -0.137. The fraction of sp³-hybridized carbons (Fsp3) is 0.294. The van der Waals surface area contributed by atoms with Crippen molar-refractivity contribution in [3.63, 3.8) is 0 Å². The number of amides is 1. The minimum absolute atomic E-state index is 0.299. The van der Waals surface area contributed by atoms with Gasteiger partial charge in [0.05, 0.1) is 31.7 Å². The summed E-state index contributed by atoms with van der Waals surface area (Å²) >= 11 is 5.90. The molecular formula is C17H19ClN2O5. The molecule has 8 heteroatoms. The Labute approximate surface area is 150 Å². The lowest BCUT2D eigenvalue weighted by atomic mass is 10.0. The van der Waals surface area contributed by atoms with Gasteiger partial charge in [-0.05, 0) is 18.2 Å². The summed E-state index contributed by atoms with van der Waals surface area (Å²) in [6, 6.07) is 5.72. The number of aryl methyl sites for hydroxylation is 1. The minimum Gasteiger partial charge on any atom is -0.497 e. The Morgan fingerprint density at radius 2 is 2.00 bits per heavy atom. The van der Waals surface area contributed by atoms with E-state index in [0.717, 1.165) is 0 Å². The Balaban J connectivity index is 2.35. The number of carboxylic acids is 1. The highest BCUT2D eigenvalue weighted by Crippen LogP contribution is 2.31. The standard InChI is InChI=1S/C17H19ClN2O5/c1-20-9-10(18)6-14(20)17(23)19-13(8-16(21)22)12-5-4-11(24-2)7-15(12)25-3/h4-7,9,13H,8H2,1-3H3,(H,19,23)(H,21,22). The molecule has 0 spiro atoms. The van der Waals surface area contributed by atoms with Gasteiger partial charge in [-0.1, -0.05) is 11.6 Å². The van der Waals surface area contributed by atoms with Gasteiger partial charge >= 0.3 is 5.97 Å². The molecule has 0 aliphatic rings. The molecule has 0 saturated carbocycles. The van der Waals surface area contributed by atoms with Crippen molar-refractivity contribution in [3.05, 3.63) is 46.7 Å². The van der Waals surface area contributed by atoms with Crippen LogP contribution in [0.2, 0.25) is 5.02 Å². The normalized spacial score (nSPS) is 11.7. The molecule has 134 valence electrons. The fourth-order valence-corrected chi connectivity index (χ4v) is 2.75. The molecule has 1 aromatic carbocycles. The van der Waals surface area contributed by atoms with Crippen LogP contribution in [-0.2, 0) is 11.8 Å². The van der Waals surface area contributed by atoms with Crippen molar-refractivity contribution in [3.8, 4) is 11.5 Å². The molecule has 25 heavy (non-hydrogen) atoms. The van der Waals surface area contributed by atoms with E-state index in [4.69, 9.17) is 21.1 Å². The molecule has 1 heterocycles. The third-order valence-electron chi connectivity index (χ3n) is 3.70. The second kappa shape index (κ2) is 7.94. The fourth-order valence-electron chi connectivity index (χ4n) is 2.50. The number of nitrogens with one attached hydrogen (secondary N) is 1. The second-order valence-electron chi connectivity index (χ2n) is 5.39. The van der Waals surface area contributed by atoms with Crippen molar-refractivity contribution in [2.75, 3.05) is 14.2 Å². The molecule has 0 aliphatic carbocycles. The van der Waals surface area contributed by atoms with Crippen molar-refractivity contribution in [2.45, 2.75) is 12.5 Å². The Kier molecular flexibility index (Phi) is 5.93. The van der Waals surface area contributed by atoms with Crippen LogP contribution in [0.1, 0.15) is 28.5 Å². The molecule has 2 aromatic rings. The van der Waals surface area contributed by atoms with Crippen molar-refractivity contribution < 1.29 is 24.2 Å². The van der Waals surface area contributed by atoms with Gasteiger partial charge in [0, 0.05) is 24.9 Å². The van der Waals surface area contributed by atoms with Crippen LogP contribution in [0.5, 0.6) is 11.5 Å². The second-order valence-corrected chi connectivity index (χ2v) is 5.82. The number of carboxylic acid groups (broad SMARTS) is 1. The Bertz CT molecular complexity index is 787. The zero-order chi connectivity index (χ0) is 18.6. The van der Waals surface area contributed by atoms with Gasteiger partial charge in [0.25, 0.3) is 5.91 Å². The molecule has 2 N–H and O–H groups in total. The molecule has 2 rings (SSSR count). The van der Waals surface area contributed by atoms with Crippen LogP contribution in [0.4, 0.5) is 0 Å². The number of halogens is 1. The molecule has 0 saturated heterocycles. The number of carbonyl (C=O) groups is 2. The first-order valence-corrected chi connectivity index (χ1v) is 7.80. The van der Waals surface area contributed by atoms with E-state index in [1.54, 1.807) is 36.0 Å². The van der Waals surface area contributed by atoms with E-state index in [1.807, 2.05) is 0 Å². The summed E-state index contributed by atoms with van der Waals surface area (Å²) in [5.41, 5.74) is 0.868. The van der Waals surface area contributed by atoms with Crippen LogP contribution in [0.3, 0.4) is 0 Å². The molecule has 0 bridgehead atoms. The zero-order valence-electron chi connectivity index (χ0n) is 14.1. The van der Waals surface area contributed by atoms with Gasteiger partial charge in [0.2, 0.25) is 0 Å². The molecule has 1 atom stereocenters. The van der Waals surface area contributed by atoms with E-state index in [0.29, 0.717) is 27.8 Å². The summed E-state index contributed by atoms with van der Waals surface area (Å²) in [6.07, 6.45) is 1.29. The Morgan fingerprint density at radius 3 is 2.52 bits per heavy atom. The van der Waals surface area contributed by atoms with Gasteiger partial charge in [-0.3, -0.25) is 9.59 Å². The molecule has 0 fully saturated rings. The third-order valence-corrected chi connectivity index (χ3v) is 3.91. The van der Waals surface area contributed by atoms with E-state index in [2.05, 4.69) is 5.32 Å². The third kappa shape index (κ3) is 4.45. The first-order chi connectivity index (χ1) is 11.8. The highest BCUT2D eigenvalue weighted by atomic mass is 35.5. The molecule has 1 amide bonds. The topological polar surface area (TPSA) is 89.8 Å². The average molecular weight is 367 g/mol. The molecule has 1 unspecified atom stereocenters. The summed E-state index contributed by atoms with van der Waals surface area (Å²) in [7, 11) is 4.67. The van der Waals surface area contributed by atoms with Gasteiger partial charge in [0.1, 0.15) is 17.2 Å². The molecule has 0 radical (unpaired) electrons. The van der Waals surface area contributed by atoms with E-state index in [9.17, 15) is 14.7 Å². The quantitative estimate of drug-likeness (QED) is 0.786. The maximum atomic E-state index is 12.5. The molecular weight excluding hydrogens is 348 g/mol. The summed E-state index contributed by atoms with van der Waals surface area (Å²) in [5.74, 6) is -0.488. The van der Waals surface area contributed by atoms with Gasteiger partial charge < -0.3 is 24.5 Å². The van der Waals surface area contributed by atoms with Crippen LogP contribution >= 0.6 is 11.6 Å². The largest absolute Gasteiger partial charge is 0.497 e. The number of nitrogens with zero attached hydrogens (tertiary/aromatic N) is 1. The van der Waals surface area contributed by atoms with Gasteiger partial charge in [0.15, 0.2) is 0 Å². The van der Waals surface area contributed by atoms with Crippen LogP contribution in [0, 0.1) is 0 Å². The molecule has 1 aromatic heterocycles. The highest BCUT2D eigenvalue weighted by Gasteiger charge is 2.23. The van der Waals surface area contributed by atoms with E-state index < -0.39 is 17.9 Å². The maximum absolute atomic E-state index is 12.5. The van der Waals surface area contributed by atoms with Crippen LogP contribution < -0.4 is 14.8 Å². The Hall–Kier alpha value is -2.67. The van der Waals surface area contributed by atoms with Gasteiger partial charge in [-0.2, -0.15) is 0 Å². The summed E-state index contributed by atoms with van der Waals surface area (Å²) in [6.45, 7) is 0. The smallest absolute Gasteiger partial charge is 0.305 e. The van der Waals surface area contributed by atoms with Crippen molar-refractivity contribution >= 4 is 23.5 Å². The molecule has 0 aliphatic heterocycles. The predicted octanol–water partition coefficient (Wildman–Crippen LogP) is 2.64. The zero-order valence-corrected chi connectivity index (χ0v) is 14.8. The van der Waals surface area contributed by atoms with E-state index >= 15 is 0 Å². The number of hydrogen-bond donors (Lipinski definition) is 2. The number of aliphatic carboxylic acids is 1. The van der Waals surface area contributed by atoms with Crippen LogP contribution in [0.15, 0.2) is 30.5 Å². The number of benzene rings is 1. The molecule has 7 nitrogen and oxygen atoms in total. The van der Waals surface area contributed by atoms with Crippen molar-refractivity contribution in [2.24, 2.45) is 7.05 Å². The average Bonchev–Trinajstić information content (AvgIpc) is 2.91. The lowest BCUT2D eigenvalue weighted by Crippen LogP contribution is -2.31. The van der Waals surface area contributed by atoms with Gasteiger partial charge in [-0.25, -0.2) is 0 Å². The monoisotopic (exact) mass is 366 g/mol. The number of methoxy groups -OCH3 is 2. The van der Waals surface area contributed by atoms with Crippen LogP contribution in [0.25, 0.3) is 0 Å². The number of aromatic nitrogens is 1. The highest BCUT2D eigenvalue weighted by molar-refractivity contribution is 6.31. The van der Waals surface area contributed by atoms with Gasteiger partial charge in [-0.15, -0.1) is 0 Å². The predicted molar refractivity (Wildman–Crippen MR) is 92.4 cm³/mol. The number of carbonyl (C=O) groups excluding carboxylic acids is 1.